The van der Waals surface area contributed by atoms with Crippen LogP contribution in [0.2, 0.25) is 0 Å². The average Bonchev–Trinajstić information content (AvgIpc) is 1.70. The van der Waals surface area contributed by atoms with Crippen LogP contribution in [0.1, 0.15) is 225 Å². The van der Waals surface area contributed by atoms with Crippen LogP contribution in [-0.4, -0.2) is 230 Å². The van der Waals surface area contributed by atoms with Crippen molar-refractivity contribution in [2.45, 2.75) is 228 Å². The van der Waals surface area contributed by atoms with Crippen LogP contribution in [0.4, 0.5) is 4.39 Å². The Balaban J connectivity index is 0.000000293. The van der Waals surface area contributed by atoms with Gasteiger partial charge < -0.3 is 68.8 Å². The minimum atomic E-state index is -1.10. The smallest absolute Gasteiger partial charge is 0.308 e. The molecule has 1 aromatic carbocycles. The van der Waals surface area contributed by atoms with Crippen molar-refractivity contribution in [1.82, 2.24) is 50.0 Å². The van der Waals surface area contributed by atoms with Gasteiger partial charge in [-0.05, 0) is 186 Å². The van der Waals surface area contributed by atoms with Crippen molar-refractivity contribution in [2.24, 2.45) is 58.0 Å². The van der Waals surface area contributed by atoms with Crippen molar-refractivity contribution in [2.75, 3.05) is 132 Å². The van der Waals surface area contributed by atoms with Crippen LogP contribution in [-0.2, 0) is 78.6 Å². The molecule has 113 heavy (non-hydrogen) atoms. The quantitative estimate of drug-likeness (QED) is 0.0273. The number of amides is 5. The average molecular weight is 1590 g/mol. The van der Waals surface area contributed by atoms with E-state index in [2.05, 4.69) is 76.3 Å². The lowest BCUT2D eigenvalue weighted by atomic mass is 9.44. The van der Waals surface area contributed by atoms with Gasteiger partial charge in [0.2, 0.25) is 17.7 Å². The molecule has 4 aromatic rings. The fourth-order valence-electron chi connectivity index (χ4n) is 18.1. The number of Topliss-reactive ketones (excluding diaryl/α,β-unsaturated/α-hetero) is 1. The number of nitrogens with one attached hydrogen (secondary N) is 2. The molecule has 9 rings (SSSR count). The van der Waals surface area contributed by atoms with Gasteiger partial charge in [-0.1, -0.05) is 79.9 Å². The van der Waals surface area contributed by atoms with E-state index in [0.29, 0.717) is 153 Å². The Kier molecular flexibility index (Phi) is 36.5. The summed E-state index contributed by atoms with van der Waals surface area (Å²) in [6.07, 6.45) is 19.4. The molecule has 0 radical (unpaired) electrons. The maximum absolute atomic E-state index is 14.0. The number of rotatable bonds is 46. The Hall–Kier alpha value is -6.92. The van der Waals surface area contributed by atoms with Crippen LogP contribution in [0, 0.1) is 58.1 Å². The van der Waals surface area contributed by atoms with Gasteiger partial charge in [0.1, 0.15) is 30.2 Å². The van der Waals surface area contributed by atoms with Crippen LogP contribution in [0.15, 0.2) is 42.7 Å². The van der Waals surface area contributed by atoms with E-state index in [0.717, 1.165) is 65.9 Å². The minimum Gasteiger partial charge on any atom is -0.462 e. The highest BCUT2D eigenvalue weighted by Gasteiger charge is 2.61. The van der Waals surface area contributed by atoms with E-state index in [-0.39, 0.29) is 104 Å². The molecule has 0 spiro atoms. The topological polar surface area (TPSA) is 320 Å². The SMILES string of the molecule is CCOCCOCCOCCC(=O)N[C@@H](CC(=O)O[C@H]1CC[C@@]2(C)C(CCC3C2CC[C@@]2(C)C3CC[C@@H]2[C@H](C)CCCC(C)C)C1)C(N)=O.CCOCCOCCOCCOCCOCCNC(=O)CCCCC(=O)Cn1cc(C(=O)N2CCN(C(=O)c3cn4nc(-c5ccc(F)cc5)cc(C(C)(C)C)c4n3)C(C)(C)C2)nn1. The van der Waals surface area contributed by atoms with Crippen LogP contribution < -0.4 is 16.4 Å². The first-order valence-electron chi connectivity index (χ1n) is 41.9. The molecule has 10 atom stereocenters. The molecule has 632 valence electrons. The largest absolute Gasteiger partial charge is 0.462 e. The van der Waals surface area contributed by atoms with E-state index in [1.54, 1.807) is 32.6 Å². The number of nitrogens with zero attached hydrogens (tertiary/aromatic N) is 8. The number of nitrogens with two attached hydrogens (primary N) is 1. The third kappa shape index (κ3) is 27.3. The predicted molar refractivity (Wildman–Crippen MR) is 426 cm³/mol. The lowest BCUT2D eigenvalue weighted by Gasteiger charge is -2.61. The zero-order valence-corrected chi connectivity index (χ0v) is 69.9. The Morgan fingerprint density at radius 1 is 0.655 bits per heavy atom. The number of hydrogen-bond acceptors (Lipinski definition) is 20. The van der Waals surface area contributed by atoms with Crippen molar-refractivity contribution < 1.29 is 80.6 Å². The predicted octanol–water partition coefficient (Wildman–Crippen LogP) is 11.0. The molecule has 5 aliphatic rings. The highest BCUT2D eigenvalue weighted by molar-refractivity contribution is 5.95. The van der Waals surface area contributed by atoms with Gasteiger partial charge in [0.15, 0.2) is 17.1 Å². The molecule has 4 N–H and O–H groups in total. The van der Waals surface area contributed by atoms with Crippen molar-refractivity contribution in [1.29, 1.82) is 0 Å². The normalized spacial score (nSPS) is 22.5. The van der Waals surface area contributed by atoms with E-state index < -0.39 is 29.4 Å². The molecule has 1 aliphatic heterocycles. The number of carbonyl (C=O) groups excluding carboxylic acids is 7. The van der Waals surface area contributed by atoms with Gasteiger partial charge in [-0.3, -0.25) is 33.6 Å². The van der Waals surface area contributed by atoms with Crippen molar-refractivity contribution in [3.8, 4) is 11.3 Å². The molecule has 0 bridgehead atoms. The van der Waals surface area contributed by atoms with E-state index in [9.17, 15) is 38.0 Å². The number of hydrogen-bond donors (Lipinski definition) is 3. The van der Waals surface area contributed by atoms with Crippen molar-refractivity contribution >= 4 is 46.9 Å². The van der Waals surface area contributed by atoms with E-state index in [4.69, 9.17) is 58.4 Å². The summed E-state index contributed by atoms with van der Waals surface area (Å²) >= 11 is 0. The number of benzene rings is 1. The number of esters is 1. The molecule has 4 heterocycles. The number of imidazole rings is 1. The fourth-order valence-corrected chi connectivity index (χ4v) is 18.1. The summed E-state index contributed by atoms with van der Waals surface area (Å²) in [5.74, 6) is 2.71. The maximum Gasteiger partial charge on any atom is 0.308 e. The second kappa shape index (κ2) is 45.0. The number of ketones is 1. The van der Waals surface area contributed by atoms with Crippen LogP contribution in [0.3, 0.4) is 0 Å². The standard InChI is InChI=1S/C45H64FN9O9.C40H70N2O7/c1-7-60-20-21-62-24-25-64-27-26-63-23-22-61-19-16-47-40(57)11-9-8-10-35(56)29-53-30-39(49-51-53)42(58)52-17-18-54(45(5,6)32-52)43(59)38-31-55-41(48-38)36(44(2,3)4)28-37(50-55)33-12-14-34(46)15-13-33;1-7-46-21-22-48-24-23-47-20-17-36(43)42-35(38(41)45)26-37(44)49-30-15-18-39(5)29(25-30)11-12-31-33-14-13-32(28(4)10-8-9-27(2)3)40(33,6)19-16-34(31)39/h12-15,28,30-31H,7-11,16-27,29,32H2,1-6H3,(H,47,57);27-35H,7-26H2,1-6H3,(H2,41,45)(H,42,43)/t;28-,29?,30+,31?,32-,33?,34?,35+,39+,40-/m.1/s1. The molecule has 4 unspecified atom stereocenters. The third-order valence-electron chi connectivity index (χ3n) is 24.1. The number of aromatic nitrogens is 6. The lowest BCUT2D eigenvalue weighted by molar-refractivity contribution is -0.163. The molecule has 28 heteroatoms. The molecular weight excluding hydrogens is 1450 g/mol. The number of ether oxygens (including phenoxy) is 9. The summed E-state index contributed by atoms with van der Waals surface area (Å²) in [7, 11) is 0. The molecule has 5 amide bonds. The monoisotopic (exact) mass is 1580 g/mol. The maximum atomic E-state index is 14.0. The number of unbranched alkanes of at least 4 members (excludes halogenated alkanes) is 1. The Morgan fingerprint density at radius 3 is 1.88 bits per heavy atom. The second-order valence-electron chi connectivity index (χ2n) is 34.1. The van der Waals surface area contributed by atoms with Gasteiger partial charge in [-0.2, -0.15) is 5.10 Å². The van der Waals surface area contributed by atoms with Gasteiger partial charge >= 0.3 is 5.97 Å². The molecule has 1 saturated heterocycles. The Morgan fingerprint density at radius 2 is 1.27 bits per heavy atom. The fraction of sp³-hybridized carbons (Fsp3) is 0.753. The number of carbonyl (C=O) groups is 7. The summed E-state index contributed by atoms with van der Waals surface area (Å²) in [4.78, 5) is 98.2. The summed E-state index contributed by atoms with van der Waals surface area (Å²) in [5.41, 5.74) is 8.39. The number of primary amides is 1. The zero-order valence-electron chi connectivity index (χ0n) is 69.9. The Bertz CT molecular complexity index is 3640. The van der Waals surface area contributed by atoms with Gasteiger partial charge in [-0.25, -0.2) is 18.6 Å². The summed E-state index contributed by atoms with van der Waals surface area (Å²) in [5, 5.41) is 18.2. The number of halogens is 1. The third-order valence-corrected chi connectivity index (χ3v) is 24.1. The van der Waals surface area contributed by atoms with Crippen LogP contribution in [0.5, 0.6) is 0 Å². The van der Waals surface area contributed by atoms with Crippen LogP contribution >= 0.6 is 0 Å². The molecule has 27 nitrogen and oxygen atoms in total. The molecule has 4 aliphatic carbocycles. The summed E-state index contributed by atoms with van der Waals surface area (Å²) in [6, 6.07) is 6.93. The molecule has 5 fully saturated rings. The van der Waals surface area contributed by atoms with Gasteiger partial charge in [0.05, 0.1) is 123 Å². The molecule has 4 saturated carbocycles. The van der Waals surface area contributed by atoms with Crippen molar-refractivity contribution in [3.63, 3.8) is 0 Å². The summed E-state index contributed by atoms with van der Waals surface area (Å²) < 4.78 is 65.6. The van der Waals surface area contributed by atoms with Gasteiger partial charge in [0.25, 0.3) is 11.8 Å². The highest BCUT2D eigenvalue weighted by atomic mass is 19.1. The number of piperazine rings is 1. The molecule has 3 aromatic heterocycles. The molecular formula is C85H134FN11O16. The van der Waals surface area contributed by atoms with Crippen molar-refractivity contribution in [3.05, 3.63) is 65.5 Å². The van der Waals surface area contributed by atoms with E-state index in [1.165, 1.54) is 80.8 Å². The first-order valence-corrected chi connectivity index (χ1v) is 41.9. The summed E-state index contributed by atoms with van der Waals surface area (Å²) in [6.45, 7) is 34.9. The second-order valence-corrected chi connectivity index (χ2v) is 34.1. The first-order chi connectivity index (χ1) is 54.0. The van der Waals surface area contributed by atoms with Crippen LogP contribution in [0.25, 0.3) is 16.9 Å². The van der Waals surface area contributed by atoms with Gasteiger partial charge in [0, 0.05) is 69.8 Å². The first kappa shape index (κ1) is 91.6. The lowest BCUT2D eigenvalue weighted by Crippen LogP contribution is -2.62. The van der Waals surface area contributed by atoms with Gasteiger partial charge in [-0.15, -0.1) is 5.10 Å². The highest BCUT2D eigenvalue weighted by Crippen LogP contribution is 2.68. The zero-order chi connectivity index (χ0) is 81.7. The Labute approximate surface area is 669 Å². The van der Waals surface area contributed by atoms with E-state index >= 15 is 0 Å². The number of fused-ring (bicyclic) bond motifs is 6. The van der Waals surface area contributed by atoms with E-state index in [1.807, 2.05) is 33.8 Å². The minimum absolute atomic E-state index is 0.0468.